The second-order valence-electron chi connectivity index (χ2n) is 3.97. The summed E-state index contributed by atoms with van der Waals surface area (Å²) in [5.74, 6) is 0.960. The van der Waals surface area contributed by atoms with Gasteiger partial charge in [-0.05, 0) is 35.7 Å². The molecule has 0 aliphatic heterocycles. The Labute approximate surface area is 124 Å². The predicted molar refractivity (Wildman–Crippen MR) is 82.4 cm³/mol. The lowest BCUT2D eigenvalue weighted by atomic mass is 10.1. The van der Waals surface area contributed by atoms with Gasteiger partial charge >= 0.3 is 0 Å². The van der Waals surface area contributed by atoms with Crippen molar-refractivity contribution in [3.63, 3.8) is 0 Å². The molecule has 18 heavy (non-hydrogen) atoms. The average molecular weight is 370 g/mol. The van der Waals surface area contributed by atoms with Crippen LogP contribution >= 0.6 is 31.9 Å². The molecule has 0 aromatic heterocycles. The number of rotatable bonds is 5. The summed E-state index contributed by atoms with van der Waals surface area (Å²) in [5, 5.41) is 0.936. The van der Waals surface area contributed by atoms with Gasteiger partial charge in [0.2, 0.25) is 0 Å². The second kappa shape index (κ2) is 6.95. The lowest BCUT2D eigenvalue weighted by molar-refractivity contribution is 0.303. The molecule has 0 bridgehead atoms. The summed E-state index contributed by atoms with van der Waals surface area (Å²) in [4.78, 5) is 0. The van der Waals surface area contributed by atoms with E-state index in [2.05, 4.69) is 50.1 Å². The van der Waals surface area contributed by atoms with Crippen LogP contribution in [0.5, 0.6) is 5.75 Å². The van der Waals surface area contributed by atoms with Crippen molar-refractivity contribution >= 4 is 31.9 Å². The highest BCUT2D eigenvalue weighted by molar-refractivity contribution is 9.10. The van der Waals surface area contributed by atoms with Crippen molar-refractivity contribution in [3.05, 3.63) is 64.1 Å². The number of hydrogen-bond donors (Lipinski definition) is 0. The number of benzene rings is 2. The Hall–Kier alpha value is -0.800. The van der Waals surface area contributed by atoms with Crippen LogP contribution in [0.1, 0.15) is 11.1 Å². The van der Waals surface area contributed by atoms with Crippen LogP contribution in [0.2, 0.25) is 0 Å². The summed E-state index contributed by atoms with van der Waals surface area (Å²) in [7, 11) is 0. The summed E-state index contributed by atoms with van der Waals surface area (Å²) in [6.45, 7) is 0.609. The Morgan fingerprint density at radius 1 is 1.00 bits per heavy atom. The molecule has 2 rings (SSSR count). The molecule has 0 saturated carbocycles. The fourth-order valence-corrected chi connectivity index (χ4v) is 2.56. The lowest BCUT2D eigenvalue weighted by Gasteiger charge is -2.11. The van der Waals surface area contributed by atoms with Crippen molar-refractivity contribution in [2.45, 2.75) is 13.0 Å². The van der Waals surface area contributed by atoms with E-state index in [1.165, 1.54) is 11.1 Å². The van der Waals surface area contributed by atoms with Crippen molar-refractivity contribution in [1.29, 1.82) is 0 Å². The highest BCUT2D eigenvalue weighted by Gasteiger charge is 2.04. The predicted octanol–water partition coefficient (Wildman–Crippen LogP) is 4.97. The molecule has 3 heteroatoms. The van der Waals surface area contributed by atoms with Crippen LogP contribution in [-0.2, 0) is 13.0 Å². The van der Waals surface area contributed by atoms with Crippen molar-refractivity contribution in [3.8, 4) is 5.75 Å². The zero-order chi connectivity index (χ0) is 12.8. The monoisotopic (exact) mass is 368 g/mol. The Morgan fingerprint density at radius 3 is 2.50 bits per heavy atom. The topological polar surface area (TPSA) is 9.23 Å². The Bertz CT molecular complexity index is 497. The van der Waals surface area contributed by atoms with Crippen LogP contribution < -0.4 is 4.74 Å². The molecule has 0 aliphatic carbocycles. The molecular formula is C15H14Br2O. The van der Waals surface area contributed by atoms with Crippen LogP contribution in [0.4, 0.5) is 0 Å². The molecule has 0 aliphatic rings. The maximum atomic E-state index is 5.89. The first-order valence-corrected chi connectivity index (χ1v) is 7.72. The normalized spacial score (nSPS) is 10.3. The molecule has 0 radical (unpaired) electrons. The molecule has 1 nitrogen and oxygen atoms in total. The maximum Gasteiger partial charge on any atom is 0.123 e. The smallest absolute Gasteiger partial charge is 0.123 e. The fourth-order valence-electron chi connectivity index (χ4n) is 1.72. The number of hydrogen-bond acceptors (Lipinski definition) is 1. The molecule has 0 N–H and O–H groups in total. The summed E-state index contributed by atoms with van der Waals surface area (Å²) in [6, 6.07) is 16.4. The highest BCUT2D eigenvalue weighted by Crippen LogP contribution is 2.25. The SMILES string of the molecule is BrCCc1cc(Br)ccc1OCc1ccccc1. The minimum atomic E-state index is 0.609. The maximum absolute atomic E-state index is 5.89. The van der Waals surface area contributed by atoms with Gasteiger partial charge in [-0.1, -0.05) is 62.2 Å². The zero-order valence-corrected chi connectivity index (χ0v) is 13.1. The minimum Gasteiger partial charge on any atom is -0.489 e. The Morgan fingerprint density at radius 2 is 1.78 bits per heavy atom. The third-order valence-corrected chi connectivity index (χ3v) is 3.51. The van der Waals surface area contributed by atoms with Gasteiger partial charge in [0.15, 0.2) is 0 Å². The first kappa shape index (κ1) is 13.6. The molecule has 0 atom stereocenters. The van der Waals surface area contributed by atoms with E-state index in [0.717, 1.165) is 22.0 Å². The van der Waals surface area contributed by atoms with Crippen LogP contribution in [0, 0.1) is 0 Å². The van der Waals surface area contributed by atoms with Gasteiger partial charge in [0.1, 0.15) is 12.4 Å². The molecular weight excluding hydrogens is 356 g/mol. The quantitative estimate of drug-likeness (QED) is 0.676. The minimum absolute atomic E-state index is 0.609. The largest absolute Gasteiger partial charge is 0.489 e. The van der Waals surface area contributed by atoms with Gasteiger partial charge < -0.3 is 4.74 Å². The van der Waals surface area contributed by atoms with Crippen LogP contribution in [0.25, 0.3) is 0 Å². The van der Waals surface area contributed by atoms with Gasteiger partial charge in [0, 0.05) is 9.80 Å². The van der Waals surface area contributed by atoms with Crippen molar-refractivity contribution in [1.82, 2.24) is 0 Å². The van der Waals surface area contributed by atoms with E-state index >= 15 is 0 Å². The van der Waals surface area contributed by atoms with E-state index in [-0.39, 0.29) is 0 Å². The van der Waals surface area contributed by atoms with Gasteiger partial charge in [0.25, 0.3) is 0 Å². The van der Waals surface area contributed by atoms with Crippen molar-refractivity contribution in [2.75, 3.05) is 5.33 Å². The van der Waals surface area contributed by atoms with Crippen LogP contribution in [0.15, 0.2) is 53.0 Å². The Balaban J connectivity index is 2.09. The molecule has 0 heterocycles. The van der Waals surface area contributed by atoms with Crippen LogP contribution in [-0.4, -0.2) is 5.33 Å². The molecule has 0 spiro atoms. The molecule has 2 aromatic rings. The van der Waals surface area contributed by atoms with Gasteiger partial charge in [0.05, 0.1) is 0 Å². The van der Waals surface area contributed by atoms with E-state index in [1.807, 2.05) is 30.3 Å². The number of alkyl halides is 1. The van der Waals surface area contributed by atoms with E-state index < -0.39 is 0 Å². The van der Waals surface area contributed by atoms with Gasteiger partial charge in [-0.25, -0.2) is 0 Å². The number of ether oxygens (including phenoxy) is 1. The lowest BCUT2D eigenvalue weighted by Crippen LogP contribution is -1.99. The third kappa shape index (κ3) is 3.85. The molecule has 0 unspecified atom stereocenters. The zero-order valence-electron chi connectivity index (χ0n) is 9.90. The van der Waals surface area contributed by atoms with Crippen LogP contribution in [0.3, 0.4) is 0 Å². The fraction of sp³-hybridized carbons (Fsp3) is 0.200. The molecule has 0 saturated heterocycles. The van der Waals surface area contributed by atoms with E-state index in [0.29, 0.717) is 6.61 Å². The van der Waals surface area contributed by atoms with Crippen molar-refractivity contribution in [2.24, 2.45) is 0 Å². The second-order valence-corrected chi connectivity index (χ2v) is 5.67. The van der Waals surface area contributed by atoms with Crippen molar-refractivity contribution < 1.29 is 4.74 Å². The third-order valence-electron chi connectivity index (χ3n) is 2.62. The molecule has 94 valence electrons. The van der Waals surface area contributed by atoms with Gasteiger partial charge in [-0.15, -0.1) is 0 Å². The Kier molecular flexibility index (Phi) is 5.26. The number of halogens is 2. The summed E-state index contributed by atoms with van der Waals surface area (Å²) in [6.07, 6.45) is 0.962. The van der Waals surface area contributed by atoms with Gasteiger partial charge in [-0.2, -0.15) is 0 Å². The number of aryl methyl sites for hydroxylation is 1. The van der Waals surface area contributed by atoms with E-state index in [4.69, 9.17) is 4.74 Å². The first-order chi connectivity index (χ1) is 8.79. The molecule has 2 aromatic carbocycles. The summed E-state index contributed by atoms with van der Waals surface area (Å²) < 4.78 is 6.98. The highest BCUT2D eigenvalue weighted by atomic mass is 79.9. The molecule has 0 amide bonds. The summed E-state index contributed by atoms with van der Waals surface area (Å²) in [5.41, 5.74) is 2.40. The van der Waals surface area contributed by atoms with E-state index in [9.17, 15) is 0 Å². The van der Waals surface area contributed by atoms with Gasteiger partial charge in [-0.3, -0.25) is 0 Å². The van der Waals surface area contributed by atoms with E-state index in [1.54, 1.807) is 0 Å². The molecule has 0 fully saturated rings. The first-order valence-electron chi connectivity index (χ1n) is 5.80. The summed E-state index contributed by atoms with van der Waals surface area (Å²) >= 11 is 6.96. The standard InChI is InChI=1S/C15H14Br2O/c16-9-8-13-10-14(17)6-7-15(13)18-11-12-4-2-1-3-5-12/h1-7,10H,8-9,11H2. The average Bonchev–Trinajstić information content (AvgIpc) is 2.39.